The Morgan fingerprint density at radius 2 is 1.73 bits per heavy atom. The molecule has 2 saturated heterocycles. The summed E-state index contributed by atoms with van der Waals surface area (Å²) in [7, 11) is 0. The van der Waals surface area contributed by atoms with Gasteiger partial charge in [-0.1, -0.05) is 24.3 Å². The Labute approximate surface area is 176 Å². The highest BCUT2D eigenvalue weighted by Gasteiger charge is 2.23. The number of non-ortho nitro benzene ring substituents is 1. The van der Waals surface area contributed by atoms with Crippen LogP contribution in [0.3, 0.4) is 0 Å². The summed E-state index contributed by atoms with van der Waals surface area (Å²) in [5.74, 6) is -0.260. The standard InChI is InChI=1S/C23H28N4O3/c28-23(21-15-20(27(29)30)9-10-22(21)26-13-5-6-14-26)24-16-18-7-1-2-8-19(18)17-25-11-3-4-12-25/h1-2,7-10,15H,3-6,11-14,16-17H2,(H,24,28)/p+1. The van der Waals surface area contributed by atoms with Gasteiger partial charge in [-0.2, -0.15) is 0 Å². The summed E-state index contributed by atoms with van der Waals surface area (Å²) in [4.78, 5) is 27.6. The Morgan fingerprint density at radius 3 is 2.43 bits per heavy atom. The maximum absolute atomic E-state index is 13.1. The first-order chi connectivity index (χ1) is 14.6. The first kappa shape index (κ1) is 20.3. The van der Waals surface area contributed by atoms with Crippen molar-refractivity contribution < 1.29 is 14.6 Å². The van der Waals surface area contributed by atoms with E-state index in [1.54, 1.807) is 11.0 Å². The average molecular weight is 410 g/mol. The van der Waals surface area contributed by atoms with Gasteiger partial charge in [0.25, 0.3) is 11.6 Å². The lowest BCUT2D eigenvalue weighted by molar-refractivity contribution is -0.901. The van der Waals surface area contributed by atoms with Crippen molar-refractivity contribution in [2.75, 3.05) is 31.1 Å². The predicted molar refractivity (Wildman–Crippen MR) is 116 cm³/mol. The molecule has 2 aliphatic rings. The molecule has 158 valence electrons. The van der Waals surface area contributed by atoms with E-state index < -0.39 is 4.92 Å². The van der Waals surface area contributed by atoms with Gasteiger partial charge >= 0.3 is 0 Å². The summed E-state index contributed by atoms with van der Waals surface area (Å²) in [5.41, 5.74) is 3.48. The Kier molecular flexibility index (Phi) is 6.28. The summed E-state index contributed by atoms with van der Waals surface area (Å²) in [5, 5.41) is 14.3. The minimum Gasteiger partial charge on any atom is -0.371 e. The van der Waals surface area contributed by atoms with Crippen LogP contribution >= 0.6 is 0 Å². The molecule has 2 aromatic rings. The summed E-state index contributed by atoms with van der Waals surface area (Å²) in [6.45, 7) is 5.55. The zero-order valence-electron chi connectivity index (χ0n) is 17.2. The molecule has 0 aliphatic carbocycles. The van der Waals surface area contributed by atoms with E-state index in [2.05, 4.69) is 22.3 Å². The third kappa shape index (κ3) is 4.62. The highest BCUT2D eigenvalue weighted by Crippen LogP contribution is 2.28. The quantitative estimate of drug-likeness (QED) is 0.543. The van der Waals surface area contributed by atoms with Crippen LogP contribution in [0.15, 0.2) is 42.5 Å². The number of carbonyl (C=O) groups is 1. The number of anilines is 1. The van der Waals surface area contributed by atoms with Crippen molar-refractivity contribution in [2.24, 2.45) is 0 Å². The molecule has 0 bridgehead atoms. The van der Waals surface area contributed by atoms with Gasteiger partial charge in [-0.15, -0.1) is 0 Å². The van der Waals surface area contributed by atoms with Crippen molar-refractivity contribution in [3.63, 3.8) is 0 Å². The molecule has 0 aromatic heterocycles. The number of nitrogens with one attached hydrogen (secondary N) is 2. The summed E-state index contributed by atoms with van der Waals surface area (Å²) in [6.07, 6.45) is 4.70. The molecule has 2 fully saturated rings. The summed E-state index contributed by atoms with van der Waals surface area (Å²) in [6, 6.07) is 12.8. The molecule has 7 heteroatoms. The largest absolute Gasteiger partial charge is 0.371 e. The summed E-state index contributed by atoms with van der Waals surface area (Å²) >= 11 is 0. The maximum atomic E-state index is 13.1. The van der Waals surface area contributed by atoms with Gasteiger partial charge in [-0.05, 0) is 24.5 Å². The van der Waals surface area contributed by atoms with Crippen LogP contribution in [0.4, 0.5) is 11.4 Å². The second-order valence-electron chi connectivity index (χ2n) is 8.24. The molecular formula is C23H29N4O3+. The van der Waals surface area contributed by atoms with Gasteiger partial charge in [0.2, 0.25) is 0 Å². The normalized spacial score (nSPS) is 16.7. The molecule has 1 amide bonds. The maximum Gasteiger partial charge on any atom is 0.270 e. The average Bonchev–Trinajstić information content (AvgIpc) is 3.47. The van der Waals surface area contributed by atoms with Gasteiger partial charge in [0.05, 0.1) is 29.3 Å². The van der Waals surface area contributed by atoms with Crippen LogP contribution in [0.25, 0.3) is 0 Å². The molecule has 2 aliphatic heterocycles. The molecule has 0 atom stereocenters. The van der Waals surface area contributed by atoms with Gasteiger partial charge in [-0.25, -0.2) is 0 Å². The van der Waals surface area contributed by atoms with Crippen molar-refractivity contribution in [1.82, 2.24) is 5.32 Å². The van der Waals surface area contributed by atoms with E-state index in [-0.39, 0.29) is 11.6 Å². The Balaban J connectivity index is 1.51. The number of nitro groups is 1. The highest BCUT2D eigenvalue weighted by molar-refractivity contribution is 6.00. The predicted octanol–water partition coefficient (Wildman–Crippen LogP) is 2.30. The smallest absolute Gasteiger partial charge is 0.270 e. The molecule has 2 aromatic carbocycles. The zero-order valence-corrected chi connectivity index (χ0v) is 17.2. The van der Waals surface area contributed by atoms with Gasteiger partial charge < -0.3 is 15.1 Å². The van der Waals surface area contributed by atoms with Gasteiger partial charge in [0.1, 0.15) is 6.54 Å². The molecule has 0 spiro atoms. The fourth-order valence-corrected chi connectivity index (χ4v) is 4.55. The van der Waals surface area contributed by atoms with Gasteiger partial charge in [0, 0.05) is 50.2 Å². The summed E-state index contributed by atoms with van der Waals surface area (Å²) < 4.78 is 0. The number of carbonyl (C=O) groups excluding carboxylic acids is 1. The van der Waals surface area contributed by atoms with E-state index in [9.17, 15) is 14.9 Å². The molecule has 7 nitrogen and oxygen atoms in total. The fourth-order valence-electron chi connectivity index (χ4n) is 4.55. The van der Waals surface area contributed by atoms with Crippen LogP contribution in [0.2, 0.25) is 0 Å². The van der Waals surface area contributed by atoms with Crippen LogP contribution in [-0.4, -0.2) is 37.0 Å². The van der Waals surface area contributed by atoms with E-state index in [4.69, 9.17) is 0 Å². The molecule has 0 radical (unpaired) electrons. The fraction of sp³-hybridized carbons (Fsp3) is 0.435. The molecule has 2 N–H and O–H groups in total. The number of amides is 1. The Morgan fingerprint density at radius 1 is 1.03 bits per heavy atom. The van der Waals surface area contributed by atoms with Crippen molar-refractivity contribution in [3.05, 3.63) is 69.3 Å². The van der Waals surface area contributed by atoms with Crippen LogP contribution < -0.4 is 15.1 Å². The number of quaternary nitrogens is 1. The van der Waals surface area contributed by atoms with E-state index in [0.29, 0.717) is 12.1 Å². The number of nitrogens with zero attached hydrogens (tertiary/aromatic N) is 2. The van der Waals surface area contributed by atoms with Gasteiger partial charge in [0.15, 0.2) is 0 Å². The van der Waals surface area contributed by atoms with Crippen LogP contribution in [0.1, 0.15) is 47.2 Å². The first-order valence-electron chi connectivity index (χ1n) is 10.8. The number of hydrogen-bond donors (Lipinski definition) is 2. The monoisotopic (exact) mass is 409 g/mol. The molecule has 2 heterocycles. The van der Waals surface area contributed by atoms with E-state index in [1.807, 2.05) is 12.1 Å². The van der Waals surface area contributed by atoms with Crippen molar-refractivity contribution in [2.45, 2.75) is 38.8 Å². The van der Waals surface area contributed by atoms with Crippen molar-refractivity contribution >= 4 is 17.3 Å². The van der Waals surface area contributed by atoms with Gasteiger partial charge in [-0.3, -0.25) is 14.9 Å². The lowest BCUT2D eigenvalue weighted by atomic mass is 10.1. The highest BCUT2D eigenvalue weighted by atomic mass is 16.6. The lowest BCUT2D eigenvalue weighted by Gasteiger charge is -2.21. The van der Waals surface area contributed by atoms with Crippen molar-refractivity contribution in [3.8, 4) is 0 Å². The SMILES string of the molecule is O=C(NCc1ccccc1C[NH+]1CCCC1)c1cc([N+](=O)[O-])ccc1N1CCCC1. The number of hydrogen-bond acceptors (Lipinski definition) is 4. The third-order valence-electron chi connectivity index (χ3n) is 6.19. The van der Waals surface area contributed by atoms with Crippen LogP contribution in [0, 0.1) is 10.1 Å². The van der Waals surface area contributed by atoms with Crippen LogP contribution in [0.5, 0.6) is 0 Å². The van der Waals surface area contributed by atoms with E-state index in [1.165, 1.54) is 43.6 Å². The second kappa shape index (κ2) is 9.26. The molecular weight excluding hydrogens is 380 g/mol. The lowest BCUT2D eigenvalue weighted by Crippen LogP contribution is -3.08. The Bertz CT molecular complexity index is 918. The topological polar surface area (TPSA) is 79.9 Å². The molecule has 30 heavy (non-hydrogen) atoms. The zero-order chi connectivity index (χ0) is 20.9. The van der Waals surface area contributed by atoms with E-state index >= 15 is 0 Å². The number of likely N-dealkylation sites (tertiary alicyclic amines) is 1. The second-order valence-corrected chi connectivity index (χ2v) is 8.24. The molecule has 4 rings (SSSR count). The first-order valence-corrected chi connectivity index (χ1v) is 10.8. The number of benzene rings is 2. The Hall–Kier alpha value is -2.93. The minimum atomic E-state index is -0.446. The van der Waals surface area contributed by atoms with Crippen LogP contribution in [-0.2, 0) is 13.1 Å². The number of rotatable bonds is 7. The van der Waals surface area contributed by atoms with Crippen molar-refractivity contribution in [1.29, 1.82) is 0 Å². The van der Waals surface area contributed by atoms with E-state index in [0.717, 1.165) is 43.7 Å². The molecule has 0 saturated carbocycles. The minimum absolute atomic E-state index is 0.0545. The number of nitro benzene ring substituents is 1. The third-order valence-corrected chi connectivity index (χ3v) is 6.19. The molecule has 0 unspecified atom stereocenters.